The van der Waals surface area contributed by atoms with E-state index in [1.54, 1.807) is 5.48 Å². The average molecular weight is 339 g/mol. The third-order valence-electron chi connectivity index (χ3n) is 3.51. The molecule has 0 bridgehead atoms. The molecule has 0 unspecified atom stereocenters. The fourth-order valence-electron chi connectivity index (χ4n) is 2.42. The Labute approximate surface area is 143 Å². The third kappa shape index (κ3) is 7.98. The second kappa shape index (κ2) is 9.29. The van der Waals surface area contributed by atoms with Gasteiger partial charge in [0.05, 0.1) is 10.6 Å². The zero-order chi connectivity index (χ0) is 19.0. The van der Waals surface area contributed by atoms with Crippen LogP contribution >= 0.6 is 0 Å². The summed E-state index contributed by atoms with van der Waals surface area (Å²) in [5.41, 5.74) is 7.43. The summed E-state index contributed by atoms with van der Waals surface area (Å²) in [4.78, 5) is 14.7. The van der Waals surface area contributed by atoms with Gasteiger partial charge < -0.3 is 11.1 Å². The smallest absolute Gasteiger partial charge is 0.290 e. The average Bonchev–Trinajstić information content (AvgIpc) is 2.48. The van der Waals surface area contributed by atoms with Gasteiger partial charge >= 0.3 is 0 Å². The van der Waals surface area contributed by atoms with Crippen LogP contribution in [0.5, 0.6) is 0 Å². The maximum Gasteiger partial charge on any atom is 0.290 e. The van der Waals surface area contributed by atoms with Gasteiger partial charge in [-0.1, -0.05) is 27.7 Å². The number of allylic oxidation sites excluding steroid dienone is 3. The van der Waals surface area contributed by atoms with Crippen molar-refractivity contribution in [3.8, 4) is 0 Å². The van der Waals surface area contributed by atoms with Gasteiger partial charge in [-0.15, -0.1) is 0 Å². The Hall–Kier alpha value is -2.06. The summed E-state index contributed by atoms with van der Waals surface area (Å²) in [6.07, 6.45) is 4.50. The molecule has 0 heterocycles. The first-order chi connectivity index (χ1) is 11.0. The number of hydrogen-bond acceptors (Lipinski definition) is 7. The van der Waals surface area contributed by atoms with Crippen LogP contribution in [-0.4, -0.2) is 35.1 Å². The van der Waals surface area contributed by atoms with Crippen LogP contribution in [0.2, 0.25) is 0 Å². The highest BCUT2D eigenvalue weighted by molar-refractivity contribution is 6.34. The fourth-order valence-corrected chi connectivity index (χ4v) is 2.42. The first-order valence-electron chi connectivity index (χ1n) is 7.66. The molecular formula is C16H29N5O3. The van der Waals surface area contributed by atoms with Gasteiger partial charge in [0.1, 0.15) is 5.70 Å². The molecule has 0 aromatic heterocycles. The topological polar surface area (TPSA) is 138 Å². The van der Waals surface area contributed by atoms with Crippen molar-refractivity contribution in [2.24, 2.45) is 21.6 Å². The van der Waals surface area contributed by atoms with Crippen molar-refractivity contribution < 1.29 is 10.1 Å². The maximum atomic E-state index is 10.9. The molecule has 0 spiro atoms. The number of rotatable bonds is 10. The van der Waals surface area contributed by atoms with Crippen LogP contribution in [0.3, 0.4) is 0 Å². The molecule has 0 fully saturated rings. The second-order valence-electron chi connectivity index (χ2n) is 7.31. The van der Waals surface area contributed by atoms with Gasteiger partial charge in [0.2, 0.25) is 0 Å². The van der Waals surface area contributed by atoms with Crippen molar-refractivity contribution >= 4 is 11.9 Å². The van der Waals surface area contributed by atoms with Crippen LogP contribution in [0.25, 0.3) is 0 Å². The Morgan fingerprint density at radius 3 is 2.33 bits per heavy atom. The molecule has 0 aliphatic carbocycles. The Bertz CT molecular complexity index is 548. The number of nitrogens with one attached hydrogen (secondary N) is 2. The molecule has 0 aliphatic heterocycles. The van der Waals surface area contributed by atoms with E-state index in [0.29, 0.717) is 18.8 Å². The molecule has 0 amide bonds. The molecule has 24 heavy (non-hydrogen) atoms. The molecule has 0 rings (SSSR count). The molecule has 0 aromatic carbocycles. The molecule has 8 heteroatoms. The van der Waals surface area contributed by atoms with E-state index in [1.807, 2.05) is 0 Å². The molecule has 0 aliphatic rings. The van der Waals surface area contributed by atoms with Gasteiger partial charge in [-0.05, 0) is 36.8 Å². The zero-order valence-corrected chi connectivity index (χ0v) is 15.1. The Kier molecular flexibility index (Phi) is 8.49. The van der Waals surface area contributed by atoms with E-state index in [2.05, 4.69) is 32.7 Å². The standard InChI is InChI=1S/C16H29N5O3/c1-12(20-22)14(21(23)24)7-6-13(8-17)19-11-16(4,5)9-15(2,3)10-18/h6-8,17,20,22H,9-11,18H2,1-5H3. The lowest BCUT2D eigenvalue weighted by atomic mass is 9.75. The minimum Gasteiger partial charge on any atom is -0.330 e. The Morgan fingerprint density at radius 2 is 1.92 bits per heavy atom. The van der Waals surface area contributed by atoms with Crippen molar-refractivity contribution in [1.29, 1.82) is 5.41 Å². The molecular weight excluding hydrogens is 310 g/mol. The highest BCUT2D eigenvalue weighted by Gasteiger charge is 2.27. The van der Waals surface area contributed by atoms with E-state index < -0.39 is 4.92 Å². The fraction of sp³-hybridized carbons (Fsp3) is 0.625. The predicted molar refractivity (Wildman–Crippen MR) is 96.1 cm³/mol. The lowest BCUT2D eigenvalue weighted by molar-refractivity contribution is -0.420. The molecule has 0 atom stereocenters. The summed E-state index contributed by atoms with van der Waals surface area (Å²) in [6.45, 7) is 10.7. The summed E-state index contributed by atoms with van der Waals surface area (Å²) in [7, 11) is 0. The summed E-state index contributed by atoms with van der Waals surface area (Å²) >= 11 is 0. The monoisotopic (exact) mass is 339 g/mol. The van der Waals surface area contributed by atoms with E-state index in [1.165, 1.54) is 19.1 Å². The Balaban J connectivity index is 5.22. The van der Waals surface area contributed by atoms with Crippen LogP contribution in [0.4, 0.5) is 0 Å². The first kappa shape index (κ1) is 21.9. The largest absolute Gasteiger partial charge is 0.330 e. The minimum atomic E-state index is -0.621. The number of hydroxylamine groups is 1. The van der Waals surface area contributed by atoms with Crippen LogP contribution in [0, 0.1) is 26.4 Å². The van der Waals surface area contributed by atoms with Crippen LogP contribution in [0.15, 0.2) is 28.5 Å². The van der Waals surface area contributed by atoms with Crippen LogP contribution in [-0.2, 0) is 0 Å². The number of aliphatic imine (C=N–C) groups is 1. The maximum absolute atomic E-state index is 10.9. The van der Waals surface area contributed by atoms with E-state index in [9.17, 15) is 10.1 Å². The number of nitrogens with zero attached hydrogens (tertiary/aromatic N) is 2. The minimum absolute atomic E-state index is 0.00519. The summed E-state index contributed by atoms with van der Waals surface area (Å²) in [5.74, 6) is 0. The second-order valence-corrected chi connectivity index (χ2v) is 7.31. The molecule has 5 N–H and O–H groups in total. The van der Waals surface area contributed by atoms with Gasteiger partial charge in [-0.2, -0.15) is 0 Å². The predicted octanol–water partition coefficient (Wildman–Crippen LogP) is 2.52. The summed E-state index contributed by atoms with van der Waals surface area (Å²) < 4.78 is 0. The van der Waals surface area contributed by atoms with Crippen molar-refractivity contribution in [3.63, 3.8) is 0 Å². The van der Waals surface area contributed by atoms with Crippen molar-refractivity contribution in [2.75, 3.05) is 13.1 Å². The van der Waals surface area contributed by atoms with Crippen LogP contribution < -0.4 is 11.2 Å². The molecule has 0 saturated heterocycles. The summed E-state index contributed by atoms with van der Waals surface area (Å²) in [5, 5.41) is 27.1. The third-order valence-corrected chi connectivity index (χ3v) is 3.51. The zero-order valence-electron chi connectivity index (χ0n) is 15.1. The number of hydrogen-bond donors (Lipinski definition) is 4. The molecule has 136 valence electrons. The van der Waals surface area contributed by atoms with Gasteiger partial charge in [0.15, 0.2) is 0 Å². The molecule has 0 radical (unpaired) electrons. The number of nitrogens with two attached hydrogens (primary N) is 1. The molecule has 8 nitrogen and oxygen atoms in total. The van der Waals surface area contributed by atoms with E-state index in [-0.39, 0.29) is 22.2 Å². The van der Waals surface area contributed by atoms with Crippen molar-refractivity contribution in [3.05, 3.63) is 33.7 Å². The Morgan fingerprint density at radius 1 is 1.33 bits per heavy atom. The van der Waals surface area contributed by atoms with Crippen molar-refractivity contribution in [1.82, 2.24) is 5.48 Å². The highest BCUT2D eigenvalue weighted by atomic mass is 16.6. The van der Waals surface area contributed by atoms with E-state index in [4.69, 9.17) is 16.4 Å². The molecule has 0 saturated carbocycles. The van der Waals surface area contributed by atoms with E-state index >= 15 is 0 Å². The number of nitro groups is 1. The van der Waals surface area contributed by atoms with Crippen LogP contribution in [0.1, 0.15) is 41.0 Å². The summed E-state index contributed by atoms with van der Waals surface area (Å²) in [6, 6.07) is 0. The molecule has 0 aromatic rings. The van der Waals surface area contributed by atoms with Gasteiger partial charge in [0, 0.05) is 18.8 Å². The quantitative estimate of drug-likeness (QED) is 0.210. The SMILES string of the molecule is CC(NO)=C(C=CC(C=N)=NCC(C)(C)CC(C)(C)CN)[N+](=O)[O-]. The van der Waals surface area contributed by atoms with Gasteiger partial charge in [-0.3, -0.25) is 25.8 Å². The normalized spacial score (nSPS) is 14.5. The lowest BCUT2D eigenvalue weighted by Gasteiger charge is -2.33. The first-order valence-corrected chi connectivity index (χ1v) is 7.66. The highest BCUT2D eigenvalue weighted by Crippen LogP contribution is 2.33. The van der Waals surface area contributed by atoms with E-state index in [0.717, 1.165) is 12.6 Å². The lowest BCUT2D eigenvalue weighted by Crippen LogP contribution is -2.31. The van der Waals surface area contributed by atoms with Gasteiger partial charge in [-0.25, -0.2) is 0 Å². The van der Waals surface area contributed by atoms with Crippen molar-refractivity contribution in [2.45, 2.75) is 41.0 Å². The van der Waals surface area contributed by atoms with Gasteiger partial charge in [0.25, 0.3) is 5.70 Å².